The number of nitrogens with one attached hydrogen (secondary N) is 3. The van der Waals surface area contributed by atoms with Gasteiger partial charge in [0.15, 0.2) is 6.61 Å². The van der Waals surface area contributed by atoms with E-state index in [4.69, 9.17) is 22.1 Å². The van der Waals surface area contributed by atoms with Crippen molar-refractivity contribution in [2.75, 3.05) is 23.8 Å². The van der Waals surface area contributed by atoms with E-state index in [0.717, 1.165) is 0 Å². The van der Waals surface area contributed by atoms with Gasteiger partial charge < -0.3 is 26.4 Å². The van der Waals surface area contributed by atoms with Crippen LogP contribution in [0.25, 0.3) is 0 Å². The first-order valence-electron chi connectivity index (χ1n) is 7.37. The van der Waals surface area contributed by atoms with Crippen molar-refractivity contribution in [3.8, 4) is 5.75 Å². The normalized spacial score (nSPS) is 14.3. The Morgan fingerprint density at radius 3 is 2.79 bits per heavy atom. The average molecular weight is 355 g/mol. The minimum Gasteiger partial charge on any atom is -0.482 e. The number of hydrogen-bond donors (Lipinski definition) is 4. The zero-order chi connectivity index (χ0) is 17.9. The molecule has 1 atom stereocenters. The Bertz CT molecular complexity index is 678. The van der Waals surface area contributed by atoms with Crippen LogP contribution in [-0.4, -0.2) is 36.9 Å². The van der Waals surface area contributed by atoms with Crippen LogP contribution in [0.5, 0.6) is 5.75 Å². The number of amides is 3. The predicted octanol–water partition coefficient (Wildman–Crippen LogP) is 0.709. The molecule has 0 unspecified atom stereocenters. The lowest BCUT2D eigenvalue weighted by molar-refractivity contribution is -0.125. The van der Waals surface area contributed by atoms with Crippen LogP contribution in [0.2, 0.25) is 5.02 Å². The Morgan fingerprint density at radius 2 is 2.12 bits per heavy atom. The van der Waals surface area contributed by atoms with E-state index in [1.807, 2.05) is 13.8 Å². The van der Waals surface area contributed by atoms with Crippen molar-refractivity contribution in [2.24, 2.45) is 11.7 Å². The maximum Gasteiger partial charge on any atom is 0.262 e. The number of carbonyl (C=O) groups excluding carboxylic acids is 3. The van der Waals surface area contributed by atoms with Crippen molar-refractivity contribution in [1.29, 1.82) is 0 Å². The summed E-state index contributed by atoms with van der Waals surface area (Å²) in [5.74, 6) is -0.765. The lowest BCUT2D eigenvalue weighted by atomic mass is 10.1. The van der Waals surface area contributed by atoms with E-state index in [9.17, 15) is 14.4 Å². The van der Waals surface area contributed by atoms with Crippen LogP contribution in [-0.2, 0) is 14.4 Å². The fourth-order valence-electron chi connectivity index (χ4n) is 1.98. The number of nitrogens with two attached hydrogens (primary N) is 1. The van der Waals surface area contributed by atoms with Crippen molar-refractivity contribution in [2.45, 2.75) is 19.9 Å². The van der Waals surface area contributed by atoms with Crippen molar-refractivity contribution < 1.29 is 19.1 Å². The maximum atomic E-state index is 11.9. The second kappa shape index (κ2) is 7.50. The summed E-state index contributed by atoms with van der Waals surface area (Å²) >= 11 is 6.08. The molecule has 0 spiro atoms. The van der Waals surface area contributed by atoms with E-state index in [1.54, 1.807) is 0 Å². The highest BCUT2D eigenvalue weighted by atomic mass is 35.5. The van der Waals surface area contributed by atoms with Gasteiger partial charge >= 0.3 is 0 Å². The summed E-state index contributed by atoms with van der Waals surface area (Å²) in [6, 6.07) is 2.31. The number of ether oxygens (including phenoxy) is 1. The van der Waals surface area contributed by atoms with Gasteiger partial charge in [-0.15, -0.1) is 0 Å². The van der Waals surface area contributed by atoms with Gasteiger partial charge in [0.05, 0.1) is 29.0 Å². The molecule has 0 saturated carbocycles. The summed E-state index contributed by atoms with van der Waals surface area (Å²) in [7, 11) is 0. The molecule has 0 bridgehead atoms. The molecule has 0 aromatic heterocycles. The van der Waals surface area contributed by atoms with Crippen molar-refractivity contribution in [3.05, 3.63) is 17.2 Å². The Labute approximate surface area is 144 Å². The molecular weight excluding hydrogens is 336 g/mol. The fraction of sp³-hybridized carbons (Fsp3) is 0.400. The molecule has 0 radical (unpaired) electrons. The molecule has 1 aromatic rings. The number of rotatable bonds is 5. The monoisotopic (exact) mass is 354 g/mol. The summed E-state index contributed by atoms with van der Waals surface area (Å²) in [5, 5.41) is 7.89. The largest absolute Gasteiger partial charge is 0.482 e. The Morgan fingerprint density at radius 1 is 1.42 bits per heavy atom. The third kappa shape index (κ3) is 4.36. The highest BCUT2D eigenvalue weighted by molar-refractivity contribution is 6.34. The Kier molecular flexibility index (Phi) is 5.63. The third-order valence-electron chi connectivity index (χ3n) is 3.42. The molecule has 24 heavy (non-hydrogen) atoms. The number of anilines is 2. The molecule has 1 aliphatic heterocycles. The summed E-state index contributed by atoms with van der Waals surface area (Å²) in [6.45, 7) is 3.29. The SMILES string of the molecule is CC(C)[C@H](N)C(=O)NCC(=O)Nc1cc2c(cc1Cl)NC(=O)CO2. The molecule has 130 valence electrons. The van der Waals surface area contributed by atoms with Crippen LogP contribution < -0.4 is 26.4 Å². The van der Waals surface area contributed by atoms with Gasteiger partial charge in [-0.05, 0) is 12.0 Å². The van der Waals surface area contributed by atoms with Gasteiger partial charge in [-0.3, -0.25) is 14.4 Å². The van der Waals surface area contributed by atoms with Gasteiger partial charge in [-0.2, -0.15) is 0 Å². The van der Waals surface area contributed by atoms with Gasteiger partial charge in [0.1, 0.15) is 5.75 Å². The second-order valence-corrected chi connectivity index (χ2v) is 6.11. The van der Waals surface area contributed by atoms with E-state index in [-0.39, 0.29) is 30.0 Å². The van der Waals surface area contributed by atoms with Crippen LogP contribution >= 0.6 is 11.6 Å². The van der Waals surface area contributed by atoms with Crippen LogP contribution in [0.4, 0.5) is 11.4 Å². The van der Waals surface area contributed by atoms with E-state index in [0.29, 0.717) is 17.1 Å². The van der Waals surface area contributed by atoms with Gasteiger partial charge in [0.2, 0.25) is 11.8 Å². The predicted molar refractivity (Wildman–Crippen MR) is 90.0 cm³/mol. The van der Waals surface area contributed by atoms with Crippen LogP contribution in [0.1, 0.15) is 13.8 Å². The molecule has 0 aliphatic carbocycles. The summed E-state index contributed by atoms with van der Waals surface area (Å²) in [6.07, 6.45) is 0. The molecule has 1 aromatic carbocycles. The Balaban J connectivity index is 1.97. The first-order valence-corrected chi connectivity index (χ1v) is 7.75. The van der Waals surface area contributed by atoms with Gasteiger partial charge in [-0.1, -0.05) is 25.4 Å². The summed E-state index contributed by atoms with van der Waals surface area (Å²) < 4.78 is 5.26. The molecule has 9 heteroatoms. The quantitative estimate of drug-likeness (QED) is 0.620. The third-order valence-corrected chi connectivity index (χ3v) is 3.73. The molecule has 3 amide bonds. The van der Waals surface area contributed by atoms with Gasteiger partial charge in [0.25, 0.3) is 5.91 Å². The first-order chi connectivity index (χ1) is 11.3. The van der Waals surface area contributed by atoms with Crippen LogP contribution in [0.15, 0.2) is 12.1 Å². The number of carbonyl (C=O) groups is 3. The van der Waals surface area contributed by atoms with Crippen molar-refractivity contribution in [1.82, 2.24) is 5.32 Å². The molecule has 8 nitrogen and oxygen atoms in total. The molecule has 5 N–H and O–H groups in total. The Hall–Kier alpha value is -2.32. The lowest BCUT2D eigenvalue weighted by Gasteiger charge is -2.20. The highest BCUT2D eigenvalue weighted by Crippen LogP contribution is 2.36. The molecular formula is C15H19ClN4O4. The fourth-order valence-corrected chi connectivity index (χ4v) is 2.19. The molecule has 2 rings (SSSR count). The lowest BCUT2D eigenvalue weighted by Crippen LogP contribution is -2.46. The van der Waals surface area contributed by atoms with E-state index >= 15 is 0 Å². The average Bonchev–Trinajstić information content (AvgIpc) is 2.52. The minimum absolute atomic E-state index is 0.0319. The molecule has 0 saturated heterocycles. The first kappa shape index (κ1) is 18.0. The van der Waals surface area contributed by atoms with E-state index < -0.39 is 17.9 Å². The molecule has 1 heterocycles. The summed E-state index contributed by atoms with van der Waals surface area (Å²) in [4.78, 5) is 34.9. The van der Waals surface area contributed by atoms with Gasteiger partial charge in [0, 0.05) is 6.07 Å². The van der Waals surface area contributed by atoms with E-state index in [2.05, 4.69) is 16.0 Å². The van der Waals surface area contributed by atoms with Gasteiger partial charge in [-0.25, -0.2) is 0 Å². The smallest absolute Gasteiger partial charge is 0.262 e. The topological polar surface area (TPSA) is 123 Å². The number of halogens is 1. The highest BCUT2D eigenvalue weighted by Gasteiger charge is 2.20. The maximum absolute atomic E-state index is 11.9. The zero-order valence-electron chi connectivity index (χ0n) is 13.3. The van der Waals surface area contributed by atoms with E-state index in [1.165, 1.54) is 12.1 Å². The number of benzene rings is 1. The van der Waals surface area contributed by atoms with Crippen molar-refractivity contribution in [3.63, 3.8) is 0 Å². The standard InChI is InChI=1S/C15H19ClN4O4/c1-7(2)14(17)15(23)18-5-12(21)19-9-4-11-10(3-8(9)16)20-13(22)6-24-11/h3-4,7,14H,5-6,17H2,1-2H3,(H,18,23)(H,19,21)(H,20,22)/t14-/m0/s1. The molecule has 0 fully saturated rings. The number of fused-ring (bicyclic) bond motifs is 1. The van der Waals surface area contributed by atoms with Crippen LogP contribution in [0, 0.1) is 5.92 Å². The molecule has 1 aliphatic rings. The second-order valence-electron chi connectivity index (χ2n) is 5.70. The van der Waals surface area contributed by atoms with Crippen LogP contribution in [0.3, 0.4) is 0 Å². The number of hydrogen-bond acceptors (Lipinski definition) is 5. The summed E-state index contributed by atoms with van der Waals surface area (Å²) in [5.41, 5.74) is 6.45. The minimum atomic E-state index is -0.679. The van der Waals surface area contributed by atoms with Crippen molar-refractivity contribution >= 4 is 40.7 Å². The zero-order valence-corrected chi connectivity index (χ0v) is 14.1.